The third-order valence-electron chi connectivity index (χ3n) is 2.94. The Hall–Kier alpha value is -1.89. The summed E-state index contributed by atoms with van der Waals surface area (Å²) in [6.07, 6.45) is 2.67. The van der Waals surface area contributed by atoms with Crippen molar-refractivity contribution in [3.63, 3.8) is 0 Å². The van der Waals surface area contributed by atoms with Crippen LogP contribution in [0.3, 0.4) is 0 Å². The molecule has 110 valence electrons. The maximum atomic E-state index is 11.5. The Morgan fingerprint density at radius 1 is 1.40 bits per heavy atom. The maximum Gasteiger partial charge on any atom is 0.221 e. The Morgan fingerprint density at radius 2 is 2.10 bits per heavy atom. The fraction of sp³-hybridized carbons (Fsp3) is 0.615. The Bertz CT molecular complexity index is 472. The number of hydrogen-bond donors (Lipinski definition) is 4. The van der Waals surface area contributed by atoms with Gasteiger partial charge in [-0.1, -0.05) is 0 Å². The molecule has 7 nitrogen and oxygen atoms in total. The summed E-state index contributed by atoms with van der Waals surface area (Å²) in [6.45, 7) is 4.41. The monoisotopic (exact) mass is 278 g/mol. The fourth-order valence-electron chi connectivity index (χ4n) is 1.85. The van der Waals surface area contributed by atoms with Gasteiger partial charge in [-0.25, -0.2) is 15.8 Å². The maximum absolute atomic E-state index is 11.5. The number of carbonyl (C=O) groups is 1. The molecule has 1 aliphatic carbocycles. The van der Waals surface area contributed by atoms with E-state index in [1.165, 1.54) is 0 Å². The van der Waals surface area contributed by atoms with E-state index in [1.807, 2.05) is 13.8 Å². The van der Waals surface area contributed by atoms with Crippen molar-refractivity contribution in [1.29, 1.82) is 0 Å². The topological polar surface area (TPSA) is 105 Å². The first-order valence-electron chi connectivity index (χ1n) is 6.97. The second-order valence-electron chi connectivity index (χ2n) is 5.31. The number of rotatable bonds is 7. The summed E-state index contributed by atoms with van der Waals surface area (Å²) in [7, 11) is 0. The summed E-state index contributed by atoms with van der Waals surface area (Å²) < 4.78 is 0. The van der Waals surface area contributed by atoms with Crippen LogP contribution in [0.5, 0.6) is 0 Å². The van der Waals surface area contributed by atoms with E-state index in [1.54, 1.807) is 6.07 Å². The Labute approximate surface area is 118 Å². The zero-order valence-electron chi connectivity index (χ0n) is 11.9. The van der Waals surface area contributed by atoms with Gasteiger partial charge in [0.05, 0.1) is 0 Å². The molecule has 0 aromatic carbocycles. The number of carbonyl (C=O) groups excluding carboxylic acids is 1. The van der Waals surface area contributed by atoms with Gasteiger partial charge in [-0.3, -0.25) is 4.79 Å². The minimum atomic E-state index is 0.0288. The standard InChI is InChI=1S/C13H22N6O/c1-8(2)16-12(20)5-6-15-10-7-11(19-14)18-13(17-10)9-3-4-9/h7-9H,3-6,14H2,1-2H3,(H,16,20)(H2,15,17,18,19). The van der Waals surface area contributed by atoms with Crippen molar-refractivity contribution < 1.29 is 4.79 Å². The number of amides is 1. The normalized spacial score (nSPS) is 14.2. The Kier molecular flexibility index (Phi) is 4.73. The van der Waals surface area contributed by atoms with Crippen LogP contribution in [0.2, 0.25) is 0 Å². The summed E-state index contributed by atoms with van der Waals surface area (Å²) in [5.74, 6) is 8.00. The molecule has 1 aromatic rings. The molecule has 0 atom stereocenters. The SMILES string of the molecule is CC(C)NC(=O)CCNc1cc(NN)nc(C2CC2)n1. The average Bonchev–Trinajstić information content (AvgIpc) is 3.21. The summed E-state index contributed by atoms with van der Waals surface area (Å²) in [6, 6.07) is 1.91. The Balaban J connectivity index is 1.88. The van der Waals surface area contributed by atoms with Gasteiger partial charge in [0.15, 0.2) is 0 Å². The van der Waals surface area contributed by atoms with Crippen LogP contribution in [0.4, 0.5) is 11.6 Å². The lowest BCUT2D eigenvalue weighted by atomic mass is 10.3. The van der Waals surface area contributed by atoms with E-state index in [4.69, 9.17) is 5.84 Å². The van der Waals surface area contributed by atoms with E-state index >= 15 is 0 Å². The highest BCUT2D eigenvalue weighted by Gasteiger charge is 2.27. The second kappa shape index (κ2) is 6.51. The van der Waals surface area contributed by atoms with Crippen molar-refractivity contribution in [2.45, 2.75) is 45.1 Å². The number of anilines is 2. The molecule has 20 heavy (non-hydrogen) atoms. The number of hydrazine groups is 1. The van der Waals surface area contributed by atoms with E-state index in [-0.39, 0.29) is 11.9 Å². The number of nitrogens with one attached hydrogen (secondary N) is 3. The highest BCUT2D eigenvalue weighted by molar-refractivity contribution is 5.76. The van der Waals surface area contributed by atoms with Gasteiger partial charge in [-0.15, -0.1) is 0 Å². The first kappa shape index (κ1) is 14.5. The van der Waals surface area contributed by atoms with Gasteiger partial charge >= 0.3 is 0 Å². The molecule has 0 radical (unpaired) electrons. The predicted molar refractivity (Wildman–Crippen MR) is 78.2 cm³/mol. The van der Waals surface area contributed by atoms with Gasteiger partial charge in [-0.05, 0) is 26.7 Å². The van der Waals surface area contributed by atoms with Crippen molar-refractivity contribution >= 4 is 17.5 Å². The quantitative estimate of drug-likeness (QED) is 0.437. The zero-order chi connectivity index (χ0) is 14.5. The van der Waals surface area contributed by atoms with Crippen LogP contribution in [0.25, 0.3) is 0 Å². The van der Waals surface area contributed by atoms with Crippen molar-refractivity contribution in [3.05, 3.63) is 11.9 Å². The van der Waals surface area contributed by atoms with E-state index in [0.29, 0.717) is 30.5 Å². The van der Waals surface area contributed by atoms with Crippen LogP contribution in [0, 0.1) is 0 Å². The molecule has 2 rings (SSSR count). The molecule has 1 saturated carbocycles. The second-order valence-corrected chi connectivity index (χ2v) is 5.31. The molecule has 0 saturated heterocycles. The van der Waals surface area contributed by atoms with Gasteiger partial charge < -0.3 is 16.1 Å². The van der Waals surface area contributed by atoms with Crippen LogP contribution in [0.1, 0.15) is 44.9 Å². The summed E-state index contributed by atoms with van der Waals surface area (Å²) >= 11 is 0. The molecule has 1 fully saturated rings. The van der Waals surface area contributed by atoms with Crippen molar-refractivity contribution in [2.24, 2.45) is 5.84 Å². The lowest BCUT2D eigenvalue weighted by molar-refractivity contribution is -0.121. The third-order valence-corrected chi connectivity index (χ3v) is 2.94. The van der Waals surface area contributed by atoms with Crippen molar-refractivity contribution in [2.75, 3.05) is 17.3 Å². The number of nitrogens with two attached hydrogens (primary N) is 1. The van der Waals surface area contributed by atoms with Gasteiger partial charge in [-0.2, -0.15) is 0 Å². The summed E-state index contributed by atoms with van der Waals surface area (Å²) in [4.78, 5) is 20.3. The van der Waals surface area contributed by atoms with E-state index < -0.39 is 0 Å². The first-order valence-corrected chi connectivity index (χ1v) is 6.97. The largest absolute Gasteiger partial charge is 0.369 e. The number of aromatic nitrogens is 2. The minimum absolute atomic E-state index is 0.0288. The number of nitrogen functional groups attached to an aromatic ring is 1. The molecular weight excluding hydrogens is 256 g/mol. The summed E-state index contributed by atoms with van der Waals surface area (Å²) in [5.41, 5.74) is 2.55. The Morgan fingerprint density at radius 3 is 2.70 bits per heavy atom. The van der Waals surface area contributed by atoms with E-state index in [2.05, 4.69) is 26.0 Å². The van der Waals surface area contributed by atoms with Crippen LogP contribution in [-0.4, -0.2) is 28.5 Å². The van der Waals surface area contributed by atoms with Gasteiger partial charge in [0.25, 0.3) is 0 Å². The van der Waals surface area contributed by atoms with Crippen LogP contribution < -0.4 is 21.9 Å². The first-order chi connectivity index (χ1) is 9.58. The molecule has 0 aliphatic heterocycles. The minimum Gasteiger partial charge on any atom is -0.369 e. The fourth-order valence-corrected chi connectivity index (χ4v) is 1.85. The molecule has 1 aliphatic rings. The lowest BCUT2D eigenvalue weighted by Gasteiger charge is -2.11. The molecule has 5 N–H and O–H groups in total. The van der Waals surface area contributed by atoms with Crippen molar-refractivity contribution in [1.82, 2.24) is 15.3 Å². The highest BCUT2D eigenvalue weighted by atomic mass is 16.1. The van der Waals surface area contributed by atoms with E-state index in [0.717, 1.165) is 18.7 Å². The van der Waals surface area contributed by atoms with Gasteiger partial charge in [0.1, 0.15) is 17.5 Å². The molecule has 7 heteroatoms. The third kappa shape index (κ3) is 4.34. The van der Waals surface area contributed by atoms with Gasteiger partial charge in [0.2, 0.25) is 5.91 Å². The van der Waals surface area contributed by atoms with Crippen molar-refractivity contribution in [3.8, 4) is 0 Å². The predicted octanol–water partition coefficient (Wildman–Crippen LogP) is 0.966. The molecule has 0 spiro atoms. The van der Waals surface area contributed by atoms with E-state index in [9.17, 15) is 4.79 Å². The zero-order valence-corrected chi connectivity index (χ0v) is 11.9. The number of hydrogen-bond acceptors (Lipinski definition) is 6. The molecule has 1 heterocycles. The van der Waals surface area contributed by atoms with Crippen LogP contribution in [0.15, 0.2) is 6.07 Å². The van der Waals surface area contributed by atoms with Crippen LogP contribution in [-0.2, 0) is 4.79 Å². The number of nitrogens with zero attached hydrogens (tertiary/aromatic N) is 2. The van der Waals surface area contributed by atoms with Crippen LogP contribution >= 0.6 is 0 Å². The lowest BCUT2D eigenvalue weighted by Crippen LogP contribution is -2.31. The molecule has 1 amide bonds. The molecule has 0 unspecified atom stereocenters. The smallest absolute Gasteiger partial charge is 0.221 e. The summed E-state index contributed by atoms with van der Waals surface area (Å²) in [5, 5.41) is 5.99. The average molecular weight is 278 g/mol. The molecular formula is C13H22N6O. The molecule has 0 bridgehead atoms. The molecule has 1 aromatic heterocycles. The highest BCUT2D eigenvalue weighted by Crippen LogP contribution is 2.38. The van der Waals surface area contributed by atoms with Gasteiger partial charge in [0, 0.05) is 31.0 Å².